The van der Waals surface area contributed by atoms with Crippen LogP contribution in [0.15, 0.2) is 54.6 Å². The Bertz CT molecular complexity index is 712. The lowest BCUT2D eigenvalue weighted by molar-refractivity contribution is -0.124. The maximum absolute atomic E-state index is 12.2. The molecule has 146 valence electrons. The first-order chi connectivity index (χ1) is 12.8. The fraction of sp³-hybridized carbons (Fsp3) is 0.381. The maximum Gasteiger partial charge on any atom is 0.258 e. The van der Waals surface area contributed by atoms with Crippen molar-refractivity contribution < 1.29 is 14.3 Å². The molecular formula is C21H27ClN2O3. The third kappa shape index (κ3) is 6.15. The Morgan fingerprint density at radius 3 is 2.37 bits per heavy atom. The maximum atomic E-state index is 12.2. The average Bonchev–Trinajstić information content (AvgIpc) is 3.13. The summed E-state index contributed by atoms with van der Waals surface area (Å²) in [6, 6.07) is 17.5. The van der Waals surface area contributed by atoms with Gasteiger partial charge in [0.15, 0.2) is 18.1 Å². The molecule has 1 aliphatic carbocycles. The van der Waals surface area contributed by atoms with E-state index in [1.54, 1.807) is 0 Å². The number of carbonyl (C=O) groups excluding carboxylic acids is 1. The number of benzene rings is 2. The number of para-hydroxylation sites is 2. The zero-order valence-electron chi connectivity index (χ0n) is 15.3. The van der Waals surface area contributed by atoms with Crippen LogP contribution in [0.1, 0.15) is 24.8 Å². The highest BCUT2D eigenvalue weighted by Crippen LogP contribution is 2.27. The fourth-order valence-electron chi connectivity index (χ4n) is 3.32. The molecule has 0 aliphatic heterocycles. The van der Waals surface area contributed by atoms with Crippen molar-refractivity contribution in [2.24, 2.45) is 11.7 Å². The molecule has 2 atom stereocenters. The summed E-state index contributed by atoms with van der Waals surface area (Å²) in [5.41, 5.74) is 6.84. The van der Waals surface area contributed by atoms with Crippen molar-refractivity contribution in [1.82, 2.24) is 5.32 Å². The van der Waals surface area contributed by atoms with E-state index in [4.69, 9.17) is 15.2 Å². The molecule has 5 nitrogen and oxygen atoms in total. The zero-order valence-corrected chi connectivity index (χ0v) is 16.1. The Morgan fingerprint density at radius 1 is 1.00 bits per heavy atom. The van der Waals surface area contributed by atoms with E-state index in [2.05, 4.69) is 5.32 Å². The standard InChI is InChI=1S/C21H26N2O3.ClH/c22-13-17-9-6-10-18(17)23-21(24)15-26-20-12-5-4-11-19(20)25-14-16-7-2-1-3-8-16;/h1-5,7-8,11-12,17-18H,6,9-10,13-15,22H2,(H,23,24);1H. The number of nitrogens with one attached hydrogen (secondary N) is 1. The molecule has 1 fully saturated rings. The Hall–Kier alpha value is -2.24. The van der Waals surface area contributed by atoms with Crippen molar-refractivity contribution in [1.29, 1.82) is 0 Å². The minimum Gasteiger partial charge on any atom is -0.485 e. The van der Waals surface area contributed by atoms with E-state index < -0.39 is 0 Å². The zero-order chi connectivity index (χ0) is 18.2. The number of hydrogen-bond donors (Lipinski definition) is 2. The summed E-state index contributed by atoms with van der Waals surface area (Å²) in [4.78, 5) is 12.2. The van der Waals surface area contributed by atoms with Crippen LogP contribution >= 0.6 is 12.4 Å². The van der Waals surface area contributed by atoms with Crippen LogP contribution in [-0.4, -0.2) is 25.1 Å². The van der Waals surface area contributed by atoms with E-state index in [-0.39, 0.29) is 31.0 Å². The van der Waals surface area contributed by atoms with Gasteiger partial charge in [-0.15, -0.1) is 12.4 Å². The topological polar surface area (TPSA) is 73.6 Å². The van der Waals surface area contributed by atoms with Crippen LogP contribution in [0.3, 0.4) is 0 Å². The molecule has 3 rings (SSSR count). The van der Waals surface area contributed by atoms with Crippen LogP contribution in [0.25, 0.3) is 0 Å². The quantitative estimate of drug-likeness (QED) is 0.725. The molecule has 27 heavy (non-hydrogen) atoms. The van der Waals surface area contributed by atoms with Gasteiger partial charge in [-0.1, -0.05) is 48.9 Å². The summed E-state index contributed by atoms with van der Waals surface area (Å²) in [6.07, 6.45) is 3.19. The van der Waals surface area contributed by atoms with E-state index in [0.29, 0.717) is 30.6 Å². The lowest BCUT2D eigenvalue weighted by Gasteiger charge is -2.19. The van der Waals surface area contributed by atoms with Crippen molar-refractivity contribution in [3.63, 3.8) is 0 Å². The Morgan fingerprint density at radius 2 is 1.67 bits per heavy atom. The molecule has 6 heteroatoms. The van der Waals surface area contributed by atoms with Gasteiger partial charge in [0, 0.05) is 6.04 Å². The highest BCUT2D eigenvalue weighted by Gasteiger charge is 2.27. The van der Waals surface area contributed by atoms with Crippen LogP contribution in [0, 0.1) is 5.92 Å². The first-order valence-corrected chi connectivity index (χ1v) is 9.14. The van der Waals surface area contributed by atoms with Gasteiger partial charge in [0.05, 0.1) is 0 Å². The smallest absolute Gasteiger partial charge is 0.258 e. The number of nitrogens with two attached hydrogens (primary N) is 1. The Labute approximate surface area is 166 Å². The number of carbonyl (C=O) groups is 1. The van der Waals surface area contributed by atoms with Gasteiger partial charge in [0.1, 0.15) is 6.61 Å². The third-order valence-corrected chi connectivity index (χ3v) is 4.75. The largest absolute Gasteiger partial charge is 0.485 e. The molecule has 1 amide bonds. The predicted octanol–water partition coefficient (Wildman–Crippen LogP) is 3.31. The van der Waals surface area contributed by atoms with Crippen molar-refractivity contribution >= 4 is 18.3 Å². The number of rotatable bonds is 8. The van der Waals surface area contributed by atoms with Gasteiger partial charge < -0.3 is 20.5 Å². The highest BCUT2D eigenvalue weighted by molar-refractivity contribution is 5.85. The minimum absolute atomic E-state index is 0. The SMILES string of the molecule is Cl.NCC1CCCC1NC(=O)COc1ccccc1OCc1ccccc1. The molecule has 0 aromatic heterocycles. The van der Waals surface area contributed by atoms with Gasteiger partial charge in [-0.2, -0.15) is 0 Å². The van der Waals surface area contributed by atoms with Crippen molar-refractivity contribution in [3.8, 4) is 11.5 Å². The van der Waals surface area contributed by atoms with Crippen LogP contribution in [0.5, 0.6) is 11.5 Å². The summed E-state index contributed by atoms with van der Waals surface area (Å²) in [6.45, 7) is 1.04. The van der Waals surface area contributed by atoms with E-state index in [9.17, 15) is 4.79 Å². The Kier molecular flexibility index (Phi) is 8.43. The van der Waals surface area contributed by atoms with Crippen molar-refractivity contribution in [2.45, 2.75) is 31.9 Å². The number of amides is 1. The molecule has 0 heterocycles. The van der Waals surface area contributed by atoms with Gasteiger partial charge in [-0.3, -0.25) is 4.79 Å². The average molecular weight is 391 g/mol. The summed E-state index contributed by atoms with van der Waals surface area (Å²) in [5.74, 6) is 1.46. The van der Waals surface area contributed by atoms with Crippen LogP contribution < -0.4 is 20.5 Å². The second-order valence-electron chi connectivity index (χ2n) is 6.61. The van der Waals surface area contributed by atoms with E-state index in [1.807, 2.05) is 54.6 Å². The Balaban J connectivity index is 0.00000261. The molecule has 1 aliphatic rings. The molecule has 0 spiro atoms. The fourth-order valence-corrected chi connectivity index (χ4v) is 3.32. The molecule has 3 N–H and O–H groups in total. The molecule has 2 unspecified atom stereocenters. The minimum atomic E-state index is -0.117. The van der Waals surface area contributed by atoms with Crippen LogP contribution in [0.2, 0.25) is 0 Å². The summed E-state index contributed by atoms with van der Waals surface area (Å²) < 4.78 is 11.5. The van der Waals surface area contributed by atoms with Gasteiger partial charge in [0.2, 0.25) is 0 Å². The lowest BCUT2D eigenvalue weighted by Crippen LogP contribution is -2.42. The predicted molar refractivity (Wildman–Crippen MR) is 108 cm³/mol. The molecule has 2 aromatic rings. The number of halogens is 1. The summed E-state index contributed by atoms with van der Waals surface area (Å²) in [7, 11) is 0. The molecule has 0 bridgehead atoms. The first kappa shape index (κ1) is 21.1. The number of ether oxygens (including phenoxy) is 2. The molecule has 0 radical (unpaired) electrons. The second kappa shape index (κ2) is 10.8. The normalized spacial score (nSPS) is 18.4. The van der Waals surface area contributed by atoms with Gasteiger partial charge in [-0.05, 0) is 43.0 Å². The summed E-state index contributed by atoms with van der Waals surface area (Å²) in [5, 5.41) is 3.04. The highest BCUT2D eigenvalue weighted by atomic mass is 35.5. The van der Waals surface area contributed by atoms with Crippen LogP contribution in [0.4, 0.5) is 0 Å². The first-order valence-electron chi connectivity index (χ1n) is 9.14. The molecule has 0 saturated heterocycles. The van der Waals surface area contributed by atoms with E-state index in [1.165, 1.54) is 0 Å². The molecule has 2 aromatic carbocycles. The molecular weight excluding hydrogens is 364 g/mol. The number of hydrogen-bond acceptors (Lipinski definition) is 4. The third-order valence-electron chi connectivity index (χ3n) is 4.75. The van der Waals surface area contributed by atoms with Gasteiger partial charge in [-0.25, -0.2) is 0 Å². The van der Waals surface area contributed by atoms with Gasteiger partial charge in [0.25, 0.3) is 5.91 Å². The summed E-state index contributed by atoms with van der Waals surface area (Å²) >= 11 is 0. The van der Waals surface area contributed by atoms with Crippen LogP contribution in [-0.2, 0) is 11.4 Å². The van der Waals surface area contributed by atoms with Crippen molar-refractivity contribution in [2.75, 3.05) is 13.2 Å². The van der Waals surface area contributed by atoms with Crippen molar-refractivity contribution in [3.05, 3.63) is 60.2 Å². The second-order valence-corrected chi connectivity index (χ2v) is 6.61. The lowest BCUT2D eigenvalue weighted by atomic mass is 10.0. The monoisotopic (exact) mass is 390 g/mol. The molecule has 1 saturated carbocycles. The van der Waals surface area contributed by atoms with Gasteiger partial charge >= 0.3 is 0 Å². The van der Waals surface area contributed by atoms with E-state index in [0.717, 1.165) is 24.8 Å². The van der Waals surface area contributed by atoms with E-state index >= 15 is 0 Å².